The number of hydrogen-bond acceptors (Lipinski definition) is 6. The summed E-state index contributed by atoms with van der Waals surface area (Å²) in [5.74, 6) is 0.311. The van der Waals surface area contributed by atoms with Gasteiger partial charge < -0.3 is 24.4 Å². The molecule has 12 heteroatoms. The number of methoxy groups -OCH3 is 1. The third-order valence-corrected chi connectivity index (χ3v) is 17.1. The molecule has 0 radical (unpaired) electrons. The van der Waals surface area contributed by atoms with E-state index in [9.17, 15) is 14.7 Å². The minimum atomic E-state index is -2.46. The highest BCUT2D eigenvalue weighted by molar-refractivity contribution is 9.10. The lowest BCUT2D eigenvalue weighted by Crippen LogP contribution is -2.52. The number of benzene rings is 4. The number of aliphatic hydroxyl groups excluding tert-OH is 1. The Morgan fingerprint density at radius 2 is 1.78 bits per heavy atom. The van der Waals surface area contributed by atoms with E-state index in [-0.39, 0.29) is 47.9 Å². The van der Waals surface area contributed by atoms with Crippen LogP contribution in [0.3, 0.4) is 0 Å². The summed E-state index contributed by atoms with van der Waals surface area (Å²) in [5.41, 5.74) is 2.39. The number of carbonyl (C=O) groups is 2. The average Bonchev–Trinajstić information content (AvgIpc) is 3.92. The third kappa shape index (κ3) is 5.85. The third-order valence-electron chi connectivity index (χ3n) is 12.2. The number of carbonyl (C=O) groups excluding carboxylic acids is 2. The van der Waals surface area contributed by atoms with Crippen molar-refractivity contribution >= 4 is 57.6 Å². The molecule has 8 rings (SSSR count). The van der Waals surface area contributed by atoms with Crippen LogP contribution < -0.4 is 20.4 Å². The first-order chi connectivity index (χ1) is 26.0. The Morgan fingerprint density at radius 1 is 1.04 bits per heavy atom. The number of para-hydroxylation sites is 1. The van der Waals surface area contributed by atoms with Crippen LogP contribution in [-0.2, 0) is 26.5 Å². The number of likely N-dealkylation sites (tertiary alicyclic amines) is 1. The second kappa shape index (κ2) is 14.0. The summed E-state index contributed by atoms with van der Waals surface area (Å²) in [7, 11) is -0.811. The summed E-state index contributed by atoms with van der Waals surface area (Å²) in [6, 6.07) is 29.0. The number of H-pyrrole nitrogens is 1. The monoisotopic (exact) mass is 808 g/mol. The first-order valence-electron chi connectivity index (χ1n) is 18.6. The summed E-state index contributed by atoms with van der Waals surface area (Å²) >= 11 is 3.69. The molecule has 2 saturated heterocycles. The number of amides is 2. The van der Waals surface area contributed by atoms with Crippen LogP contribution in [0.5, 0.6) is 5.75 Å². The molecule has 5 aromatic rings. The molecule has 2 fully saturated rings. The SMILES string of the molecule is COc1ccc([Si](C)(C)[C@@H]2[C@@H](CC(=O)N3CCC[C@H]3CO)O[C@]3(C(=O)N(Cc4ccc(-n5[nH]c6ccccc6c5=O)cc4)c4ccc(Br)cc43)[C@H]2C)cc1. The van der Waals surface area contributed by atoms with Crippen molar-refractivity contribution in [2.45, 2.75) is 69.1 Å². The molecule has 0 aliphatic carbocycles. The van der Waals surface area contributed by atoms with Crippen molar-refractivity contribution < 1.29 is 24.2 Å². The van der Waals surface area contributed by atoms with Gasteiger partial charge in [-0.25, -0.2) is 4.68 Å². The molecule has 54 heavy (non-hydrogen) atoms. The number of hydrogen-bond donors (Lipinski definition) is 2. The normalized spacial score (nSPS) is 23.9. The minimum Gasteiger partial charge on any atom is -0.497 e. The van der Waals surface area contributed by atoms with Crippen molar-refractivity contribution in [3.63, 3.8) is 0 Å². The zero-order valence-corrected chi connectivity index (χ0v) is 33.5. The topological polar surface area (TPSA) is 117 Å². The molecule has 3 aliphatic rings. The van der Waals surface area contributed by atoms with E-state index in [1.54, 1.807) is 18.1 Å². The van der Waals surface area contributed by atoms with Crippen LogP contribution in [0.2, 0.25) is 18.6 Å². The first kappa shape index (κ1) is 36.5. The number of aromatic nitrogens is 2. The zero-order chi connectivity index (χ0) is 37.9. The molecule has 4 aromatic carbocycles. The van der Waals surface area contributed by atoms with Crippen LogP contribution in [0.4, 0.5) is 5.69 Å². The molecule has 3 aliphatic heterocycles. The molecule has 2 N–H and O–H groups in total. The maximum Gasteiger partial charge on any atom is 0.279 e. The summed E-state index contributed by atoms with van der Waals surface area (Å²) in [4.78, 5) is 46.0. The minimum absolute atomic E-state index is 0.0451. The predicted molar refractivity (Wildman–Crippen MR) is 215 cm³/mol. The van der Waals surface area contributed by atoms with E-state index in [2.05, 4.69) is 53.2 Å². The molecule has 2 amide bonds. The van der Waals surface area contributed by atoms with Gasteiger partial charge in [0.2, 0.25) is 5.91 Å². The Bertz CT molecular complexity index is 2290. The van der Waals surface area contributed by atoms with Crippen molar-refractivity contribution in [2.75, 3.05) is 25.2 Å². The molecule has 4 heterocycles. The van der Waals surface area contributed by atoms with Gasteiger partial charge in [0.1, 0.15) is 5.75 Å². The van der Waals surface area contributed by atoms with Crippen LogP contribution in [0.1, 0.15) is 37.3 Å². The standard InChI is InChI=1S/C42H45BrN4O6Si/c1-26-39(54(3,4)32-18-16-31(52-2)17-19-32)37(23-38(49)45-21-7-8-30(45)25-48)53-42(26)34-22-28(43)13-20-36(34)46(41(42)51)24-27-11-14-29(15-12-27)47-40(50)33-9-5-6-10-35(33)44-47/h5-6,9-20,22,26,30,37,39,44,48H,7-8,21,23-25H2,1-4H3/t26-,30-,37+,39-,42+/m0/s1. The maximum atomic E-state index is 15.2. The second-order valence-corrected chi connectivity index (χ2v) is 21.0. The van der Waals surface area contributed by atoms with Crippen LogP contribution in [0.25, 0.3) is 16.6 Å². The smallest absolute Gasteiger partial charge is 0.279 e. The Labute approximate surface area is 323 Å². The molecule has 280 valence electrons. The number of fused-ring (bicyclic) bond motifs is 3. The van der Waals surface area contributed by atoms with Gasteiger partial charge in [0.25, 0.3) is 11.5 Å². The van der Waals surface area contributed by atoms with Gasteiger partial charge >= 0.3 is 0 Å². The van der Waals surface area contributed by atoms with E-state index in [0.717, 1.165) is 45.4 Å². The predicted octanol–water partition coefficient (Wildman–Crippen LogP) is 6.23. The molecule has 0 unspecified atom stereocenters. The van der Waals surface area contributed by atoms with Gasteiger partial charge in [-0.05, 0) is 78.5 Å². The zero-order valence-electron chi connectivity index (χ0n) is 30.9. The first-order valence-corrected chi connectivity index (χ1v) is 22.5. The van der Waals surface area contributed by atoms with E-state index in [0.29, 0.717) is 24.2 Å². The number of anilines is 1. The summed E-state index contributed by atoms with van der Waals surface area (Å²) in [5, 5.41) is 15.1. The van der Waals surface area contributed by atoms with Crippen LogP contribution in [-0.4, -0.2) is 72.1 Å². The number of aromatic amines is 1. The molecular formula is C42H45BrN4O6Si. The van der Waals surface area contributed by atoms with Gasteiger partial charge in [-0.1, -0.05) is 77.5 Å². The lowest BCUT2D eigenvalue weighted by Gasteiger charge is -2.37. The highest BCUT2D eigenvalue weighted by Gasteiger charge is 2.66. The number of aliphatic hydroxyl groups is 1. The Hall–Kier alpha value is -4.49. The van der Waals surface area contributed by atoms with Gasteiger partial charge in [0.05, 0.1) is 69.2 Å². The van der Waals surface area contributed by atoms with E-state index in [4.69, 9.17) is 9.47 Å². The number of nitrogens with zero attached hydrogens (tertiary/aromatic N) is 3. The second-order valence-electron chi connectivity index (χ2n) is 15.4. The largest absolute Gasteiger partial charge is 0.497 e. The lowest BCUT2D eigenvalue weighted by atomic mass is 9.82. The Balaban J connectivity index is 1.16. The van der Waals surface area contributed by atoms with Crippen LogP contribution in [0.15, 0.2) is 100 Å². The Morgan fingerprint density at radius 3 is 2.48 bits per heavy atom. The lowest BCUT2D eigenvalue weighted by molar-refractivity contribution is -0.150. The molecule has 1 aromatic heterocycles. The van der Waals surface area contributed by atoms with Crippen molar-refractivity contribution in [2.24, 2.45) is 5.92 Å². The molecule has 1 spiro atoms. The quantitative estimate of drug-likeness (QED) is 0.171. The molecule has 0 bridgehead atoms. The highest BCUT2D eigenvalue weighted by atomic mass is 79.9. The maximum absolute atomic E-state index is 15.2. The van der Waals surface area contributed by atoms with Gasteiger partial charge in [0.15, 0.2) is 5.60 Å². The highest BCUT2D eigenvalue weighted by Crippen LogP contribution is 2.60. The number of nitrogens with one attached hydrogen (secondary N) is 1. The van der Waals surface area contributed by atoms with Crippen molar-refractivity contribution in [1.82, 2.24) is 14.7 Å². The number of rotatable bonds is 9. The van der Waals surface area contributed by atoms with Crippen LogP contribution >= 0.6 is 15.9 Å². The molecule has 0 saturated carbocycles. The fraction of sp³-hybridized carbons (Fsp3) is 0.357. The van der Waals surface area contributed by atoms with Gasteiger partial charge in [-0.2, -0.15) is 0 Å². The fourth-order valence-corrected chi connectivity index (χ4v) is 13.8. The summed E-state index contributed by atoms with van der Waals surface area (Å²) < 4.78 is 15.1. The Kier molecular flexibility index (Phi) is 9.44. The van der Waals surface area contributed by atoms with Gasteiger partial charge in [-0.15, -0.1) is 0 Å². The van der Waals surface area contributed by atoms with Gasteiger partial charge in [-0.3, -0.25) is 19.5 Å². The van der Waals surface area contributed by atoms with Crippen LogP contribution in [0, 0.1) is 5.92 Å². The van der Waals surface area contributed by atoms with Crippen molar-refractivity contribution in [3.05, 3.63) is 117 Å². The molecule has 5 atom stereocenters. The van der Waals surface area contributed by atoms with Gasteiger partial charge in [0, 0.05) is 22.5 Å². The molecular weight excluding hydrogens is 764 g/mol. The number of ether oxygens (including phenoxy) is 2. The number of halogens is 1. The van der Waals surface area contributed by atoms with Crippen molar-refractivity contribution in [1.29, 1.82) is 0 Å². The van der Waals surface area contributed by atoms with E-state index in [1.165, 1.54) is 9.87 Å². The van der Waals surface area contributed by atoms with E-state index in [1.807, 2.05) is 77.7 Å². The average molecular weight is 810 g/mol. The van der Waals surface area contributed by atoms with E-state index < -0.39 is 19.8 Å². The van der Waals surface area contributed by atoms with Crippen molar-refractivity contribution in [3.8, 4) is 11.4 Å². The fourth-order valence-electron chi connectivity index (χ4n) is 9.46. The van der Waals surface area contributed by atoms with E-state index >= 15 is 4.79 Å². The molecule has 10 nitrogen and oxygen atoms in total. The summed E-state index contributed by atoms with van der Waals surface area (Å²) in [6.07, 6.45) is 1.23. The summed E-state index contributed by atoms with van der Waals surface area (Å²) in [6.45, 7) is 7.58.